The Hall–Kier alpha value is -3.73. The monoisotopic (exact) mass is 320 g/mol. The molecule has 1 heterocycles. The van der Waals surface area contributed by atoms with Crippen LogP contribution < -0.4 is 5.43 Å². The van der Waals surface area contributed by atoms with Crippen LogP contribution in [0.5, 0.6) is 0 Å². The molecule has 0 atom stereocenters. The van der Waals surface area contributed by atoms with Gasteiger partial charge in [0.1, 0.15) is 6.07 Å². The largest absolute Gasteiger partial charge is 0.325 e. The van der Waals surface area contributed by atoms with Crippen LogP contribution in [0.4, 0.5) is 11.4 Å². The van der Waals surface area contributed by atoms with E-state index in [1.807, 2.05) is 37.4 Å². The number of fused-ring (bicyclic) bond motifs is 1. The van der Waals surface area contributed by atoms with Gasteiger partial charge in [0, 0.05) is 19.2 Å². The number of anilines is 1. The number of aryl methyl sites for hydroxylation is 1. The predicted octanol–water partition coefficient (Wildman–Crippen LogP) is 2.82. The number of nitro groups is 1. The van der Waals surface area contributed by atoms with E-state index in [1.165, 1.54) is 24.3 Å². The zero-order valence-electron chi connectivity index (χ0n) is 12.7. The van der Waals surface area contributed by atoms with Gasteiger partial charge < -0.3 is 4.57 Å². The van der Waals surface area contributed by atoms with Gasteiger partial charge in [0.05, 0.1) is 21.6 Å². The fraction of sp³-hybridized carbons (Fsp3) is 0.0625. The number of benzene rings is 2. The molecule has 0 radical (unpaired) electrons. The Balaban J connectivity index is 1.90. The summed E-state index contributed by atoms with van der Waals surface area (Å²) in [5.74, 6) is 0.438. The number of hydrazone groups is 1. The summed E-state index contributed by atoms with van der Waals surface area (Å²) in [5, 5.41) is 24.1. The van der Waals surface area contributed by atoms with E-state index in [0.717, 1.165) is 11.0 Å². The summed E-state index contributed by atoms with van der Waals surface area (Å²) >= 11 is 0. The van der Waals surface area contributed by atoms with Crippen LogP contribution in [0.3, 0.4) is 0 Å². The van der Waals surface area contributed by atoms with E-state index in [-0.39, 0.29) is 11.4 Å². The van der Waals surface area contributed by atoms with Gasteiger partial charge in [0.15, 0.2) is 5.82 Å². The summed E-state index contributed by atoms with van der Waals surface area (Å²) in [4.78, 5) is 14.6. The van der Waals surface area contributed by atoms with Gasteiger partial charge in [0.2, 0.25) is 5.71 Å². The topological polar surface area (TPSA) is 109 Å². The lowest BCUT2D eigenvalue weighted by Gasteiger charge is -2.02. The second kappa shape index (κ2) is 6.18. The van der Waals surface area contributed by atoms with Crippen molar-refractivity contribution in [3.8, 4) is 6.07 Å². The van der Waals surface area contributed by atoms with Crippen LogP contribution in [0, 0.1) is 21.4 Å². The summed E-state index contributed by atoms with van der Waals surface area (Å²) in [6.45, 7) is 0. The quantitative estimate of drug-likeness (QED) is 0.451. The number of hydrogen-bond donors (Lipinski definition) is 1. The van der Waals surface area contributed by atoms with Gasteiger partial charge in [-0.15, -0.1) is 0 Å². The zero-order chi connectivity index (χ0) is 17.1. The number of nitrogens with one attached hydrogen (secondary N) is 1. The second-order valence-corrected chi connectivity index (χ2v) is 4.97. The van der Waals surface area contributed by atoms with E-state index in [4.69, 9.17) is 0 Å². The minimum Gasteiger partial charge on any atom is -0.325 e. The molecule has 1 aromatic heterocycles. The molecular weight excluding hydrogens is 308 g/mol. The third kappa shape index (κ3) is 2.78. The fourth-order valence-corrected chi connectivity index (χ4v) is 2.26. The Labute approximate surface area is 136 Å². The molecule has 0 amide bonds. The lowest BCUT2D eigenvalue weighted by atomic mass is 10.3. The third-order valence-corrected chi connectivity index (χ3v) is 3.48. The molecule has 1 N–H and O–H groups in total. The number of imidazole rings is 1. The minimum atomic E-state index is -0.479. The van der Waals surface area contributed by atoms with Gasteiger partial charge in [-0.3, -0.25) is 15.5 Å². The van der Waals surface area contributed by atoms with Gasteiger partial charge in [-0.2, -0.15) is 10.4 Å². The lowest BCUT2D eigenvalue weighted by Crippen LogP contribution is -2.08. The molecule has 24 heavy (non-hydrogen) atoms. The number of para-hydroxylation sites is 2. The molecule has 3 aromatic rings. The van der Waals surface area contributed by atoms with E-state index in [1.54, 1.807) is 4.57 Å². The van der Waals surface area contributed by atoms with Crippen LogP contribution in [-0.4, -0.2) is 20.2 Å². The summed E-state index contributed by atoms with van der Waals surface area (Å²) in [5.41, 5.74) is 5.03. The van der Waals surface area contributed by atoms with Crippen molar-refractivity contribution in [3.63, 3.8) is 0 Å². The minimum absolute atomic E-state index is 0.0135. The van der Waals surface area contributed by atoms with Crippen molar-refractivity contribution in [3.05, 3.63) is 64.5 Å². The number of rotatable bonds is 4. The van der Waals surface area contributed by atoms with Crippen molar-refractivity contribution in [2.24, 2.45) is 12.1 Å². The Morgan fingerprint density at radius 2 is 2.00 bits per heavy atom. The van der Waals surface area contributed by atoms with Crippen LogP contribution in [0.25, 0.3) is 11.0 Å². The van der Waals surface area contributed by atoms with E-state index < -0.39 is 4.92 Å². The summed E-state index contributed by atoms with van der Waals surface area (Å²) in [7, 11) is 1.81. The number of nitriles is 1. The Morgan fingerprint density at radius 3 is 2.62 bits per heavy atom. The number of non-ortho nitro benzene ring substituents is 1. The standard InChI is InChI=1S/C16H12N6O2/c1-21-15-5-3-2-4-13(15)18-16(21)14(10-17)20-19-11-6-8-12(9-7-11)22(23)24/h2-9,19H,1H3. The van der Waals surface area contributed by atoms with Gasteiger partial charge in [-0.1, -0.05) is 12.1 Å². The molecule has 0 aliphatic heterocycles. The van der Waals surface area contributed by atoms with Gasteiger partial charge >= 0.3 is 0 Å². The average Bonchev–Trinajstić information content (AvgIpc) is 2.93. The molecular formula is C16H12N6O2. The molecule has 0 saturated carbocycles. The maximum Gasteiger partial charge on any atom is 0.269 e. The number of aromatic nitrogens is 2. The Bertz CT molecular complexity index is 982. The van der Waals surface area contributed by atoms with Crippen LogP contribution >= 0.6 is 0 Å². The van der Waals surface area contributed by atoms with Crippen LogP contribution in [0.1, 0.15) is 5.82 Å². The summed E-state index contributed by atoms with van der Waals surface area (Å²) < 4.78 is 1.79. The summed E-state index contributed by atoms with van der Waals surface area (Å²) in [6.07, 6.45) is 0. The first-order valence-corrected chi connectivity index (χ1v) is 7.00. The molecule has 2 aromatic carbocycles. The molecule has 0 saturated heterocycles. The molecule has 8 heteroatoms. The molecule has 118 valence electrons. The first-order chi connectivity index (χ1) is 11.6. The first-order valence-electron chi connectivity index (χ1n) is 7.00. The maximum absolute atomic E-state index is 10.6. The molecule has 0 aliphatic rings. The van der Waals surface area contributed by atoms with Crippen LogP contribution in [0.2, 0.25) is 0 Å². The molecule has 0 bridgehead atoms. The smallest absolute Gasteiger partial charge is 0.269 e. The first kappa shape index (κ1) is 15.2. The van der Waals surface area contributed by atoms with Crippen LogP contribution in [-0.2, 0) is 7.05 Å². The van der Waals surface area contributed by atoms with E-state index >= 15 is 0 Å². The van der Waals surface area contributed by atoms with Crippen molar-refractivity contribution in [1.82, 2.24) is 9.55 Å². The highest BCUT2D eigenvalue weighted by Gasteiger charge is 2.13. The summed E-state index contributed by atoms with van der Waals surface area (Å²) in [6, 6.07) is 15.3. The highest BCUT2D eigenvalue weighted by molar-refractivity contribution is 6.11. The predicted molar refractivity (Wildman–Crippen MR) is 89.6 cm³/mol. The normalized spacial score (nSPS) is 11.2. The third-order valence-electron chi connectivity index (χ3n) is 3.48. The number of nitro benzene ring substituents is 1. The van der Waals surface area contributed by atoms with Crippen molar-refractivity contribution >= 4 is 28.1 Å². The van der Waals surface area contributed by atoms with Crippen molar-refractivity contribution in [2.75, 3.05) is 5.43 Å². The highest BCUT2D eigenvalue weighted by atomic mass is 16.6. The van der Waals surface area contributed by atoms with Crippen molar-refractivity contribution < 1.29 is 4.92 Å². The van der Waals surface area contributed by atoms with Crippen molar-refractivity contribution in [1.29, 1.82) is 5.26 Å². The fourth-order valence-electron chi connectivity index (χ4n) is 2.26. The van der Waals surface area contributed by atoms with Crippen molar-refractivity contribution in [2.45, 2.75) is 0 Å². The SMILES string of the molecule is Cn1c(C(C#N)=NNc2ccc([N+](=O)[O-])cc2)nc2ccccc21. The Kier molecular flexibility index (Phi) is 3.91. The molecule has 0 fully saturated rings. The van der Waals surface area contributed by atoms with E-state index in [0.29, 0.717) is 11.5 Å². The van der Waals surface area contributed by atoms with Gasteiger partial charge in [0.25, 0.3) is 5.69 Å². The maximum atomic E-state index is 10.6. The molecule has 3 rings (SSSR count). The van der Waals surface area contributed by atoms with Crippen LogP contribution in [0.15, 0.2) is 53.6 Å². The number of hydrogen-bond acceptors (Lipinski definition) is 6. The lowest BCUT2D eigenvalue weighted by molar-refractivity contribution is -0.384. The number of nitrogens with zero attached hydrogens (tertiary/aromatic N) is 5. The zero-order valence-corrected chi connectivity index (χ0v) is 12.7. The molecule has 0 spiro atoms. The Morgan fingerprint density at radius 1 is 1.29 bits per heavy atom. The molecule has 8 nitrogen and oxygen atoms in total. The van der Waals surface area contributed by atoms with Gasteiger partial charge in [-0.25, -0.2) is 4.98 Å². The molecule has 0 unspecified atom stereocenters. The second-order valence-electron chi connectivity index (χ2n) is 4.97. The highest BCUT2D eigenvalue weighted by Crippen LogP contribution is 2.17. The molecule has 0 aliphatic carbocycles. The average molecular weight is 320 g/mol. The van der Waals surface area contributed by atoms with Gasteiger partial charge in [-0.05, 0) is 24.3 Å². The van der Waals surface area contributed by atoms with E-state index in [9.17, 15) is 15.4 Å². The van der Waals surface area contributed by atoms with E-state index in [2.05, 4.69) is 15.5 Å².